The molecule has 0 bridgehead atoms. The fraction of sp³-hybridized carbons (Fsp3) is 0.233. The van der Waals surface area contributed by atoms with E-state index < -0.39 is 10.0 Å². The minimum atomic E-state index is -3.68. The van der Waals surface area contributed by atoms with Crippen molar-refractivity contribution in [2.24, 2.45) is 5.14 Å². The van der Waals surface area contributed by atoms with E-state index in [0.29, 0.717) is 18.9 Å². The van der Waals surface area contributed by atoms with Gasteiger partial charge in [0, 0.05) is 19.4 Å². The lowest BCUT2D eigenvalue weighted by molar-refractivity contribution is 0.597. The van der Waals surface area contributed by atoms with Crippen molar-refractivity contribution >= 4 is 37.5 Å². The molecule has 7 nitrogen and oxygen atoms in total. The average molecular weight is 558 g/mol. The fourth-order valence-corrected chi connectivity index (χ4v) is 5.99. The van der Waals surface area contributed by atoms with Crippen LogP contribution in [-0.4, -0.2) is 29.9 Å². The summed E-state index contributed by atoms with van der Waals surface area (Å²) in [5, 5.41) is 9.62. The highest BCUT2D eigenvalue weighted by atomic mass is 32.2. The van der Waals surface area contributed by atoms with Crippen LogP contribution in [0.25, 0.3) is 10.2 Å². The molecule has 0 saturated heterocycles. The Bertz CT molecular complexity index is 1670. The van der Waals surface area contributed by atoms with Gasteiger partial charge in [0.25, 0.3) is 0 Å². The fourth-order valence-electron chi connectivity index (χ4n) is 4.42. The molecule has 5 aromatic rings. The van der Waals surface area contributed by atoms with Gasteiger partial charge in [0.05, 0.1) is 31.5 Å². The number of fused-ring (bicyclic) bond motifs is 1. The number of nitrogens with one attached hydrogen (secondary N) is 1. The quantitative estimate of drug-likeness (QED) is 0.207. The number of aromatic nitrogens is 3. The van der Waals surface area contributed by atoms with Gasteiger partial charge < -0.3 is 5.32 Å². The summed E-state index contributed by atoms with van der Waals surface area (Å²) in [5.74, 6) is 0.609. The second-order valence-corrected chi connectivity index (χ2v) is 12.2. The molecule has 5 rings (SSSR count). The van der Waals surface area contributed by atoms with E-state index in [0.717, 1.165) is 53.2 Å². The summed E-state index contributed by atoms with van der Waals surface area (Å²) in [5.41, 5.74) is 6.49. The minimum absolute atomic E-state index is 0.125. The smallest absolute Gasteiger partial charge is 0.238 e. The van der Waals surface area contributed by atoms with Crippen LogP contribution in [0.3, 0.4) is 0 Å². The highest BCUT2D eigenvalue weighted by Gasteiger charge is 2.11. The molecule has 3 aromatic carbocycles. The summed E-state index contributed by atoms with van der Waals surface area (Å²) in [6.45, 7) is 2.85. The number of benzene rings is 3. The second kappa shape index (κ2) is 12.0. The molecular weight excluding hydrogens is 526 g/mol. The van der Waals surface area contributed by atoms with Crippen LogP contribution in [-0.2, 0) is 35.7 Å². The molecule has 0 aliphatic rings. The zero-order chi connectivity index (χ0) is 27.2. The summed E-state index contributed by atoms with van der Waals surface area (Å²) in [7, 11) is -3.68. The molecule has 2 aromatic heterocycles. The Morgan fingerprint density at radius 3 is 2.26 bits per heavy atom. The van der Waals surface area contributed by atoms with Crippen molar-refractivity contribution in [3.63, 3.8) is 0 Å². The van der Waals surface area contributed by atoms with E-state index >= 15 is 0 Å². The maximum absolute atomic E-state index is 11.5. The Hall–Kier alpha value is -3.66. The highest BCUT2D eigenvalue weighted by Crippen LogP contribution is 2.25. The number of primary sulfonamides is 1. The molecule has 0 radical (unpaired) electrons. The molecule has 39 heavy (non-hydrogen) atoms. The Labute approximate surface area is 233 Å². The standard InChI is InChI=1S/C30H31N5O2S2/c1-2-21-12-15-27-28(18-21)38-29(35-27)20-25-19-24(17-23-7-4-3-5-8-23)33-30(34-25)32-16-6-9-22-10-13-26(14-11-22)39(31,36)37/h3-5,7-8,10-15,18-19H,2,6,9,16-17,20H2,1H3,(H2,31,36,37)(H,32,33,34). The van der Waals surface area contributed by atoms with Gasteiger partial charge in [0.15, 0.2) is 0 Å². The summed E-state index contributed by atoms with van der Waals surface area (Å²) in [6.07, 6.45) is 4.01. The topological polar surface area (TPSA) is 111 Å². The molecule has 0 atom stereocenters. The molecule has 0 aliphatic carbocycles. The van der Waals surface area contributed by atoms with Crippen molar-refractivity contribution in [2.45, 2.75) is 43.9 Å². The van der Waals surface area contributed by atoms with E-state index in [-0.39, 0.29) is 4.90 Å². The maximum Gasteiger partial charge on any atom is 0.238 e. The monoisotopic (exact) mass is 557 g/mol. The van der Waals surface area contributed by atoms with Crippen LogP contribution in [0.2, 0.25) is 0 Å². The first-order chi connectivity index (χ1) is 18.9. The van der Waals surface area contributed by atoms with Crippen LogP contribution in [0.15, 0.2) is 83.8 Å². The molecule has 0 fully saturated rings. The predicted molar refractivity (Wildman–Crippen MR) is 158 cm³/mol. The SMILES string of the molecule is CCc1ccc2nc(Cc3cc(Cc4ccccc4)nc(NCCCc4ccc(S(N)(=O)=O)cc4)n3)sc2c1. The number of sulfonamides is 1. The van der Waals surface area contributed by atoms with Gasteiger partial charge in [0.1, 0.15) is 0 Å². The molecule has 2 heterocycles. The number of nitrogens with zero attached hydrogens (tertiary/aromatic N) is 3. The molecule has 0 saturated carbocycles. The van der Waals surface area contributed by atoms with Gasteiger partial charge >= 0.3 is 0 Å². The van der Waals surface area contributed by atoms with Crippen LogP contribution in [0.1, 0.15) is 46.4 Å². The van der Waals surface area contributed by atoms with Crippen molar-refractivity contribution in [3.8, 4) is 0 Å². The van der Waals surface area contributed by atoms with Crippen molar-refractivity contribution in [2.75, 3.05) is 11.9 Å². The average Bonchev–Trinajstić information content (AvgIpc) is 3.32. The molecule has 9 heteroatoms. The van der Waals surface area contributed by atoms with Gasteiger partial charge in [-0.25, -0.2) is 28.5 Å². The summed E-state index contributed by atoms with van der Waals surface area (Å²) in [4.78, 5) is 14.6. The molecule has 0 aliphatic heterocycles. The summed E-state index contributed by atoms with van der Waals surface area (Å²) < 4.78 is 24.1. The Kier molecular flexibility index (Phi) is 8.30. The number of thiazole rings is 1. The summed E-state index contributed by atoms with van der Waals surface area (Å²) >= 11 is 1.72. The van der Waals surface area contributed by atoms with Gasteiger partial charge in [-0.05, 0) is 66.3 Å². The number of rotatable bonds is 11. The number of hydrogen-bond donors (Lipinski definition) is 2. The number of aryl methyl sites for hydroxylation is 2. The lowest BCUT2D eigenvalue weighted by Crippen LogP contribution is -2.12. The van der Waals surface area contributed by atoms with Crippen molar-refractivity contribution in [1.82, 2.24) is 15.0 Å². The largest absolute Gasteiger partial charge is 0.354 e. The third-order valence-corrected chi connectivity index (χ3v) is 8.42. The number of hydrogen-bond acceptors (Lipinski definition) is 7. The molecule has 0 amide bonds. The van der Waals surface area contributed by atoms with Gasteiger partial charge in [-0.15, -0.1) is 11.3 Å². The van der Waals surface area contributed by atoms with E-state index in [4.69, 9.17) is 20.1 Å². The second-order valence-electron chi connectivity index (χ2n) is 9.50. The predicted octanol–water partition coefficient (Wildman–Crippen LogP) is 5.52. The number of anilines is 1. The third kappa shape index (κ3) is 7.26. The lowest BCUT2D eigenvalue weighted by atomic mass is 10.1. The first-order valence-corrected chi connectivity index (χ1v) is 15.4. The third-order valence-electron chi connectivity index (χ3n) is 6.48. The van der Waals surface area contributed by atoms with Crippen molar-refractivity contribution in [3.05, 3.63) is 112 Å². The first-order valence-electron chi connectivity index (χ1n) is 13.0. The Balaban J connectivity index is 1.29. The van der Waals surface area contributed by atoms with E-state index in [1.807, 2.05) is 18.2 Å². The van der Waals surface area contributed by atoms with Crippen LogP contribution >= 0.6 is 11.3 Å². The van der Waals surface area contributed by atoms with Gasteiger partial charge in [-0.3, -0.25) is 0 Å². The van der Waals surface area contributed by atoms with Gasteiger partial charge in [-0.2, -0.15) is 0 Å². The molecule has 0 unspecified atom stereocenters. The first kappa shape index (κ1) is 26.9. The zero-order valence-electron chi connectivity index (χ0n) is 21.8. The van der Waals surface area contributed by atoms with Crippen molar-refractivity contribution < 1.29 is 8.42 Å². The molecule has 200 valence electrons. The maximum atomic E-state index is 11.5. The zero-order valence-corrected chi connectivity index (χ0v) is 23.4. The van der Waals surface area contributed by atoms with E-state index in [1.165, 1.54) is 15.8 Å². The Morgan fingerprint density at radius 2 is 1.54 bits per heavy atom. The summed E-state index contributed by atoms with van der Waals surface area (Å²) in [6, 6.07) is 25.6. The van der Waals surface area contributed by atoms with Crippen molar-refractivity contribution in [1.29, 1.82) is 0 Å². The van der Waals surface area contributed by atoms with E-state index in [1.54, 1.807) is 35.6 Å². The van der Waals surface area contributed by atoms with Crippen LogP contribution in [0.5, 0.6) is 0 Å². The molecular formula is C30H31N5O2S2. The van der Waals surface area contributed by atoms with Crippen LogP contribution in [0, 0.1) is 0 Å². The van der Waals surface area contributed by atoms with Crippen LogP contribution < -0.4 is 10.5 Å². The van der Waals surface area contributed by atoms with Crippen LogP contribution in [0.4, 0.5) is 5.95 Å². The minimum Gasteiger partial charge on any atom is -0.354 e. The highest BCUT2D eigenvalue weighted by molar-refractivity contribution is 7.89. The van der Waals surface area contributed by atoms with Gasteiger partial charge in [-0.1, -0.05) is 55.5 Å². The van der Waals surface area contributed by atoms with E-state index in [9.17, 15) is 8.42 Å². The Morgan fingerprint density at radius 1 is 0.821 bits per heavy atom. The number of nitrogens with two attached hydrogens (primary N) is 1. The molecule has 3 N–H and O–H groups in total. The molecule has 0 spiro atoms. The lowest BCUT2D eigenvalue weighted by Gasteiger charge is -2.10. The van der Waals surface area contributed by atoms with Gasteiger partial charge in [0.2, 0.25) is 16.0 Å². The normalized spacial score (nSPS) is 11.6. The van der Waals surface area contributed by atoms with E-state index in [2.05, 4.69) is 48.6 Å².